The Hall–Kier alpha value is -3.36. The van der Waals surface area contributed by atoms with Crippen molar-refractivity contribution in [3.63, 3.8) is 0 Å². The zero-order chi connectivity index (χ0) is 28.6. The van der Waals surface area contributed by atoms with E-state index in [1.165, 1.54) is 11.6 Å². The summed E-state index contributed by atoms with van der Waals surface area (Å²) in [6.45, 7) is 12.0. The van der Waals surface area contributed by atoms with Crippen LogP contribution in [0.3, 0.4) is 0 Å². The largest absolute Gasteiger partial charge is 0.508 e. The third-order valence-electron chi connectivity index (χ3n) is 8.23. The van der Waals surface area contributed by atoms with Crippen LogP contribution >= 0.6 is 0 Å². The standard InChI is InChI=1S/C32H46N6O2/c1-6-27(34(3)4)14-15-35(5)24-33-32(38-20-18-37(19-21-38)31(40)7-2)25-12-16-36(17-13-25)30-23-28(39)22-26-10-8-9-11-29(26)30/h7-12,22-23,27,39H,2,6,13-21,24H2,1,3-5H3/b33-32+. The number of phenolic OH excluding ortho intramolecular Hbond substituents is 1. The number of carbonyl (C=O) groups excluding carboxylic acids is 1. The second-order valence-electron chi connectivity index (χ2n) is 11.1. The average Bonchev–Trinajstić information content (AvgIpc) is 2.97. The molecule has 2 heterocycles. The van der Waals surface area contributed by atoms with Gasteiger partial charge in [0.1, 0.15) is 11.6 Å². The number of aliphatic imine (C=N–C) groups is 1. The number of anilines is 1. The molecule has 1 unspecified atom stereocenters. The minimum atomic E-state index is -0.00453. The Balaban J connectivity index is 1.51. The predicted octanol–water partition coefficient (Wildman–Crippen LogP) is 4.03. The zero-order valence-corrected chi connectivity index (χ0v) is 24.7. The van der Waals surface area contributed by atoms with Crippen LogP contribution in [-0.4, -0.2) is 116 Å². The van der Waals surface area contributed by atoms with Gasteiger partial charge < -0.3 is 24.7 Å². The minimum absolute atomic E-state index is 0.00453. The first-order valence-corrected chi connectivity index (χ1v) is 14.5. The van der Waals surface area contributed by atoms with Gasteiger partial charge in [0.05, 0.1) is 6.67 Å². The lowest BCUT2D eigenvalue weighted by Crippen LogP contribution is -2.51. The predicted molar refractivity (Wildman–Crippen MR) is 166 cm³/mol. The number of phenols is 1. The van der Waals surface area contributed by atoms with Gasteiger partial charge in [-0.3, -0.25) is 14.7 Å². The van der Waals surface area contributed by atoms with Gasteiger partial charge in [-0.05, 0) is 63.5 Å². The molecule has 8 nitrogen and oxygen atoms in total. The molecule has 2 aromatic rings. The molecule has 0 aliphatic carbocycles. The van der Waals surface area contributed by atoms with Crippen molar-refractivity contribution in [3.8, 4) is 5.75 Å². The summed E-state index contributed by atoms with van der Waals surface area (Å²) in [6.07, 6.45) is 6.82. The van der Waals surface area contributed by atoms with Gasteiger partial charge in [0, 0.05) is 69.0 Å². The number of rotatable bonds is 10. The third kappa shape index (κ3) is 7.23. The molecule has 0 saturated carbocycles. The van der Waals surface area contributed by atoms with Gasteiger partial charge in [0.15, 0.2) is 0 Å². The first-order valence-electron chi connectivity index (χ1n) is 14.5. The monoisotopic (exact) mass is 546 g/mol. The summed E-state index contributed by atoms with van der Waals surface area (Å²) in [5.41, 5.74) is 2.32. The Morgan fingerprint density at radius 1 is 1.10 bits per heavy atom. The highest BCUT2D eigenvalue weighted by atomic mass is 16.3. The van der Waals surface area contributed by atoms with E-state index in [4.69, 9.17) is 4.99 Å². The maximum Gasteiger partial charge on any atom is 0.246 e. The fraction of sp³-hybridized carbons (Fsp3) is 0.500. The number of aromatic hydroxyl groups is 1. The van der Waals surface area contributed by atoms with Crippen LogP contribution in [0.5, 0.6) is 5.75 Å². The lowest BCUT2D eigenvalue weighted by Gasteiger charge is -2.38. The summed E-state index contributed by atoms with van der Waals surface area (Å²) < 4.78 is 0. The van der Waals surface area contributed by atoms with Gasteiger partial charge in [-0.1, -0.05) is 43.8 Å². The molecule has 0 radical (unpaired) electrons. The number of benzene rings is 2. The summed E-state index contributed by atoms with van der Waals surface area (Å²) >= 11 is 0. The molecule has 0 bridgehead atoms. The van der Waals surface area contributed by atoms with Crippen LogP contribution in [0.15, 0.2) is 65.7 Å². The first kappa shape index (κ1) is 29.6. The van der Waals surface area contributed by atoms with Crippen molar-refractivity contribution in [1.29, 1.82) is 0 Å². The molecule has 1 N–H and O–H groups in total. The smallest absolute Gasteiger partial charge is 0.246 e. The highest BCUT2D eigenvalue weighted by Crippen LogP contribution is 2.33. The van der Waals surface area contributed by atoms with Gasteiger partial charge in [-0.25, -0.2) is 0 Å². The Labute approximate surface area is 239 Å². The fourth-order valence-corrected chi connectivity index (χ4v) is 5.76. The molecular weight excluding hydrogens is 500 g/mol. The quantitative estimate of drug-likeness (QED) is 0.276. The summed E-state index contributed by atoms with van der Waals surface area (Å²) in [4.78, 5) is 28.5. The molecule has 40 heavy (non-hydrogen) atoms. The van der Waals surface area contributed by atoms with Gasteiger partial charge in [0.2, 0.25) is 5.91 Å². The van der Waals surface area contributed by atoms with Crippen LogP contribution in [0, 0.1) is 0 Å². The number of piperazine rings is 1. The third-order valence-corrected chi connectivity index (χ3v) is 8.23. The second kappa shape index (κ2) is 13.8. The van der Waals surface area contributed by atoms with E-state index in [2.05, 4.69) is 66.4 Å². The van der Waals surface area contributed by atoms with Crippen LogP contribution in [0.1, 0.15) is 26.2 Å². The number of hydrogen-bond acceptors (Lipinski definition) is 6. The van der Waals surface area contributed by atoms with E-state index in [0.29, 0.717) is 31.5 Å². The lowest BCUT2D eigenvalue weighted by molar-refractivity contribution is -0.127. The van der Waals surface area contributed by atoms with Crippen molar-refractivity contribution >= 4 is 28.2 Å². The molecule has 2 aromatic carbocycles. The number of amidine groups is 1. The maximum absolute atomic E-state index is 12.2. The molecule has 2 aliphatic rings. The van der Waals surface area contributed by atoms with Gasteiger partial charge in [-0.2, -0.15) is 0 Å². The fourth-order valence-electron chi connectivity index (χ4n) is 5.76. The van der Waals surface area contributed by atoms with E-state index < -0.39 is 0 Å². The van der Waals surface area contributed by atoms with E-state index in [0.717, 1.165) is 74.3 Å². The zero-order valence-electron chi connectivity index (χ0n) is 24.7. The molecule has 4 rings (SSSR count). The Morgan fingerprint density at radius 3 is 2.48 bits per heavy atom. The van der Waals surface area contributed by atoms with Crippen molar-refractivity contribution in [3.05, 3.63) is 60.7 Å². The topological polar surface area (TPSA) is 65.9 Å². The van der Waals surface area contributed by atoms with Gasteiger partial charge in [0.25, 0.3) is 0 Å². The van der Waals surface area contributed by atoms with E-state index in [-0.39, 0.29) is 5.91 Å². The van der Waals surface area contributed by atoms with Crippen LogP contribution in [0.2, 0.25) is 0 Å². The Kier molecular flexibility index (Phi) is 10.2. The maximum atomic E-state index is 12.2. The van der Waals surface area contributed by atoms with E-state index in [9.17, 15) is 9.90 Å². The molecular formula is C32H46N6O2. The SMILES string of the molecule is C=CC(=O)N1CCN(/C(=N/CN(C)CCC(CC)N(C)C)C2=CCN(c3cc(O)cc4ccccc34)CC2)CC1. The van der Waals surface area contributed by atoms with Crippen molar-refractivity contribution < 1.29 is 9.90 Å². The van der Waals surface area contributed by atoms with Crippen LogP contribution in [-0.2, 0) is 4.79 Å². The molecule has 8 heteroatoms. The summed E-state index contributed by atoms with van der Waals surface area (Å²) in [5, 5.41) is 12.6. The average molecular weight is 547 g/mol. The molecule has 1 fully saturated rings. The summed E-state index contributed by atoms with van der Waals surface area (Å²) in [5.74, 6) is 1.34. The Morgan fingerprint density at radius 2 is 1.82 bits per heavy atom. The highest BCUT2D eigenvalue weighted by molar-refractivity contribution is 6.00. The van der Waals surface area contributed by atoms with Gasteiger partial charge >= 0.3 is 0 Å². The van der Waals surface area contributed by atoms with E-state index in [1.54, 1.807) is 0 Å². The molecule has 2 aliphatic heterocycles. The second-order valence-corrected chi connectivity index (χ2v) is 11.1. The Bertz CT molecular complexity index is 1230. The molecule has 1 saturated heterocycles. The van der Waals surface area contributed by atoms with Crippen LogP contribution in [0.4, 0.5) is 5.69 Å². The van der Waals surface area contributed by atoms with Crippen molar-refractivity contribution in [2.24, 2.45) is 4.99 Å². The molecule has 0 aromatic heterocycles. The minimum Gasteiger partial charge on any atom is -0.508 e. The summed E-state index contributed by atoms with van der Waals surface area (Å²) in [6, 6.07) is 12.5. The number of nitrogens with zero attached hydrogens (tertiary/aromatic N) is 6. The number of amides is 1. The van der Waals surface area contributed by atoms with Crippen molar-refractivity contribution in [2.75, 3.05) is 78.5 Å². The normalized spacial score (nSPS) is 17.5. The highest BCUT2D eigenvalue weighted by Gasteiger charge is 2.26. The number of fused-ring (bicyclic) bond motifs is 1. The lowest BCUT2D eigenvalue weighted by atomic mass is 10.0. The molecule has 1 amide bonds. The van der Waals surface area contributed by atoms with Crippen molar-refractivity contribution in [1.82, 2.24) is 19.6 Å². The summed E-state index contributed by atoms with van der Waals surface area (Å²) in [7, 11) is 6.45. The van der Waals surface area contributed by atoms with Crippen LogP contribution in [0.25, 0.3) is 10.8 Å². The molecule has 216 valence electrons. The number of carbonyl (C=O) groups is 1. The first-order chi connectivity index (χ1) is 19.3. The van der Waals surface area contributed by atoms with E-state index in [1.807, 2.05) is 35.2 Å². The number of hydrogen-bond donors (Lipinski definition) is 1. The molecule has 1 atom stereocenters. The van der Waals surface area contributed by atoms with Crippen molar-refractivity contribution in [2.45, 2.75) is 32.2 Å². The van der Waals surface area contributed by atoms with Gasteiger partial charge in [-0.15, -0.1) is 0 Å². The molecule has 0 spiro atoms. The van der Waals surface area contributed by atoms with E-state index >= 15 is 0 Å². The van der Waals surface area contributed by atoms with Crippen LogP contribution < -0.4 is 4.90 Å².